The molecule has 2 rings (SSSR count). The summed E-state index contributed by atoms with van der Waals surface area (Å²) in [5.41, 5.74) is 0. The minimum absolute atomic E-state index is 0.543. The van der Waals surface area contributed by atoms with Crippen molar-refractivity contribution in [3.8, 4) is 0 Å². The van der Waals surface area contributed by atoms with Crippen molar-refractivity contribution in [1.82, 2.24) is 14.6 Å². The van der Waals surface area contributed by atoms with Crippen LogP contribution in [-0.4, -0.2) is 56.7 Å². The van der Waals surface area contributed by atoms with E-state index in [-0.39, 0.29) is 0 Å². The molecule has 0 bridgehead atoms. The number of anilines is 1. The molecule has 1 aliphatic rings. The van der Waals surface area contributed by atoms with Gasteiger partial charge in [-0.1, -0.05) is 6.92 Å². The van der Waals surface area contributed by atoms with Crippen molar-refractivity contribution >= 4 is 26.5 Å². The van der Waals surface area contributed by atoms with Crippen molar-refractivity contribution in [3.05, 3.63) is 11.1 Å². The first-order valence-electron chi connectivity index (χ1n) is 6.86. The van der Waals surface area contributed by atoms with Gasteiger partial charge >= 0.3 is 0 Å². The lowest BCUT2D eigenvalue weighted by Crippen LogP contribution is -2.48. The Bertz CT molecular complexity index is 521. The maximum absolute atomic E-state index is 11.5. The normalized spacial score (nSPS) is 17.6. The molecule has 0 unspecified atom stereocenters. The van der Waals surface area contributed by atoms with E-state index in [2.05, 4.69) is 22.1 Å². The quantitative estimate of drug-likeness (QED) is 0.783. The topological polar surface area (TPSA) is 65.5 Å². The van der Waals surface area contributed by atoms with Gasteiger partial charge in [-0.2, -0.15) is 4.31 Å². The average molecular weight is 318 g/mol. The van der Waals surface area contributed by atoms with Crippen LogP contribution in [0.3, 0.4) is 0 Å². The number of thiazole rings is 1. The maximum atomic E-state index is 11.5. The lowest BCUT2D eigenvalue weighted by atomic mass is 10.4. The molecule has 2 heterocycles. The Balaban J connectivity index is 1.87. The van der Waals surface area contributed by atoms with E-state index in [1.54, 1.807) is 11.3 Å². The molecule has 1 N–H and O–H groups in total. The van der Waals surface area contributed by atoms with E-state index in [0.717, 1.165) is 24.6 Å². The number of hydrogen-bond donors (Lipinski definition) is 1. The lowest BCUT2D eigenvalue weighted by Gasteiger charge is -2.32. The Morgan fingerprint density at radius 2 is 2.05 bits per heavy atom. The highest BCUT2D eigenvalue weighted by Gasteiger charge is 2.24. The van der Waals surface area contributed by atoms with Crippen molar-refractivity contribution < 1.29 is 8.42 Å². The summed E-state index contributed by atoms with van der Waals surface area (Å²) in [6, 6.07) is 0. The second-order valence-electron chi connectivity index (χ2n) is 4.94. The van der Waals surface area contributed by atoms with E-state index in [0.29, 0.717) is 26.2 Å². The molecule has 6 nitrogen and oxygen atoms in total. The summed E-state index contributed by atoms with van der Waals surface area (Å²) >= 11 is 1.68. The number of piperazine rings is 1. The summed E-state index contributed by atoms with van der Waals surface area (Å²) in [4.78, 5) is 7.83. The van der Waals surface area contributed by atoms with E-state index in [4.69, 9.17) is 0 Å². The van der Waals surface area contributed by atoms with Crippen LogP contribution in [0.4, 0.5) is 5.13 Å². The first kappa shape index (κ1) is 15.7. The Kier molecular flexibility index (Phi) is 5.36. The molecule has 0 saturated carbocycles. The average Bonchev–Trinajstić information content (AvgIpc) is 2.87. The third-order valence-electron chi connectivity index (χ3n) is 3.25. The van der Waals surface area contributed by atoms with Gasteiger partial charge in [-0.05, 0) is 13.0 Å². The fraction of sp³-hybridized carbons (Fsp3) is 0.750. The summed E-state index contributed by atoms with van der Waals surface area (Å²) in [6.07, 6.45) is 4.30. The Labute approximate surface area is 124 Å². The monoisotopic (exact) mass is 318 g/mol. The molecule has 1 aromatic rings. The van der Waals surface area contributed by atoms with Crippen LogP contribution in [0.5, 0.6) is 0 Å². The molecule has 0 aliphatic carbocycles. The van der Waals surface area contributed by atoms with Crippen LogP contribution in [0, 0.1) is 0 Å². The van der Waals surface area contributed by atoms with Crippen molar-refractivity contribution in [2.24, 2.45) is 0 Å². The summed E-state index contributed by atoms with van der Waals surface area (Å²) < 4.78 is 24.5. The Morgan fingerprint density at radius 3 is 2.65 bits per heavy atom. The summed E-state index contributed by atoms with van der Waals surface area (Å²) in [5, 5.41) is 4.35. The number of nitrogens with one attached hydrogen (secondary N) is 1. The predicted molar refractivity (Wildman–Crippen MR) is 82.7 cm³/mol. The second-order valence-corrected chi connectivity index (χ2v) is 8.01. The number of rotatable bonds is 6. The number of nitrogens with zero attached hydrogens (tertiary/aromatic N) is 3. The molecule has 0 radical (unpaired) electrons. The first-order valence-corrected chi connectivity index (χ1v) is 9.52. The predicted octanol–water partition coefficient (Wildman–Crippen LogP) is 0.724. The molecular weight excluding hydrogens is 296 g/mol. The summed E-state index contributed by atoms with van der Waals surface area (Å²) in [6.45, 7) is 6.52. The zero-order chi connectivity index (χ0) is 14.6. The molecule has 1 aromatic heterocycles. The maximum Gasteiger partial charge on any atom is 0.211 e. The van der Waals surface area contributed by atoms with E-state index in [1.165, 1.54) is 15.4 Å². The fourth-order valence-electron chi connectivity index (χ4n) is 2.12. The van der Waals surface area contributed by atoms with Crippen molar-refractivity contribution in [1.29, 1.82) is 0 Å². The summed E-state index contributed by atoms with van der Waals surface area (Å²) in [7, 11) is -3.06. The zero-order valence-corrected chi connectivity index (χ0v) is 13.6. The number of hydrogen-bond acceptors (Lipinski definition) is 6. The second kappa shape index (κ2) is 6.84. The molecule has 0 aromatic carbocycles. The molecule has 114 valence electrons. The van der Waals surface area contributed by atoms with Gasteiger partial charge in [-0.15, -0.1) is 11.3 Å². The largest absolute Gasteiger partial charge is 0.345 e. The van der Waals surface area contributed by atoms with Gasteiger partial charge in [0.2, 0.25) is 10.0 Å². The summed E-state index contributed by atoms with van der Waals surface area (Å²) in [5.74, 6) is 0. The van der Waals surface area contributed by atoms with Gasteiger partial charge in [0.15, 0.2) is 5.13 Å². The molecule has 1 fully saturated rings. The highest BCUT2D eigenvalue weighted by atomic mass is 32.2. The van der Waals surface area contributed by atoms with Crippen LogP contribution >= 0.6 is 11.3 Å². The van der Waals surface area contributed by atoms with Gasteiger partial charge in [-0.25, -0.2) is 13.4 Å². The van der Waals surface area contributed by atoms with E-state index in [1.807, 2.05) is 6.20 Å². The number of aromatic nitrogens is 1. The van der Waals surface area contributed by atoms with Crippen LogP contribution < -0.4 is 10.2 Å². The van der Waals surface area contributed by atoms with Gasteiger partial charge in [0.05, 0.1) is 6.26 Å². The van der Waals surface area contributed by atoms with Crippen LogP contribution in [-0.2, 0) is 16.6 Å². The number of sulfonamides is 1. The smallest absolute Gasteiger partial charge is 0.211 e. The molecular formula is C12H22N4O2S2. The molecule has 20 heavy (non-hydrogen) atoms. The molecule has 8 heteroatoms. The molecule has 0 amide bonds. The SMILES string of the molecule is CCCNCc1cnc(N2CCN(S(C)(=O)=O)CC2)s1. The standard InChI is InChI=1S/C12H22N4O2S2/c1-3-4-13-9-11-10-14-12(19-11)15-5-7-16(8-6-15)20(2,17)18/h10,13H,3-9H2,1-2H3. The van der Waals surface area contributed by atoms with Gasteiger partial charge in [0.1, 0.15) is 0 Å². The lowest BCUT2D eigenvalue weighted by molar-refractivity contribution is 0.388. The van der Waals surface area contributed by atoms with Crippen molar-refractivity contribution in [2.75, 3.05) is 43.9 Å². The fourth-order valence-corrected chi connectivity index (χ4v) is 3.88. The first-order chi connectivity index (χ1) is 9.50. The van der Waals surface area contributed by atoms with Crippen LogP contribution in [0.25, 0.3) is 0 Å². The van der Waals surface area contributed by atoms with Crippen LogP contribution in [0.15, 0.2) is 6.20 Å². The third-order valence-corrected chi connectivity index (χ3v) is 5.61. The van der Waals surface area contributed by atoms with Gasteiger partial charge in [-0.3, -0.25) is 0 Å². The molecule has 0 atom stereocenters. The molecule has 1 aliphatic heterocycles. The minimum atomic E-state index is -3.06. The highest BCUT2D eigenvalue weighted by Crippen LogP contribution is 2.23. The highest BCUT2D eigenvalue weighted by molar-refractivity contribution is 7.88. The van der Waals surface area contributed by atoms with Gasteiger partial charge < -0.3 is 10.2 Å². The molecule has 0 spiro atoms. The third kappa shape index (κ3) is 4.15. The van der Waals surface area contributed by atoms with Gasteiger partial charge in [0, 0.05) is 43.8 Å². The van der Waals surface area contributed by atoms with Gasteiger partial charge in [0.25, 0.3) is 0 Å². The molecule has 1 saturated heterocycles. The van der Waals surface area contributed by atoms with Crippen molar-refractivity contribution in [3.63, 3.8) is 0 Å². The van der Waals surface area contributed by atoms with E-state index >= 15 is 0 Å². The van der Waals surface area contributed by atoms with Crippen LogP contribution in [0.2, 0.25) is 0 Å². The minimum Gasteiger partial charge on any atom is -0.345 e. The zero-order valence-electron chi connectivity index (χ0n) is 12.0. The van der Waals surface area contributed by atoms with E-state index in [9.17, 15) is 8.42 Å². The Hall–Kier alpha value is -0.700. The van der Waals surface area contributed by atoms with E-state index < -0.39 is 10.0 Å². The Morgan fingerprint density at radius 1 is 1.35 bits per heavy atom. The van der Waals surface area contributed by atoms with Crippen LogP contribution in [0.1, 0.15) is 18.2 Å². The van der Waals surface area contributed by atoms with Crippen molar-refractivity contribution in [2.45, 2.75) is 19.9 Å².